The Hall–Kier alpha value is 0.270. The van der Waals surface area contributed by atoms with Crippen molar-refractivity contribution in [3.05, 3.63) is 0 Å². The lowest BCUT2D eigenvalue weighted by Gasteiger charge is -2.41. The first-order valence-corrected chi connectivity index (χ1v) is 6.01. The SMILES string of the molecule is CC1(CSCC2(C)COC2)COC1. The van der Waals surface area contributed by atoms with Crippen LogP contribution in [-0.4, -0.2) is 37.9 Å². The van der Waals surface area contributed by atoms with Crippen LogP contribution in [0.1, 0.15) is 13.8 Å². The van der Waals surface area contributed by atoms with Gasteiger partial charge in [-0.05, 0) is 0 Å². The fourth-order valence-electron chi connectivity index (χ4n) is 1.61. The molecule has 0 amide bonds. The molecule has 0 aromatic rings. The van der Waals surface area contributed by atoms with Gasteiger partial charge in [0.25, 0.3) is 0 Å². The molecule has 2 aliphatic heterocycles. The highest BCUT2D eigenvalue weighted by atomic mass is 32.2. The first kappa shape index (κ1) is 9.81. The zero-order valence-electron chi connectivity index (χ0n) is 8.47. The molecule has 0 spiro atoms. The van der Waals surface area contributed by atoms with Gasteiger partial charge in [-0.15, -0.1) is 0 Å². The molecule has 2 saturated heterocycles. The van der Waals surface area contributed by atoms with Gasteiger partial charge in [-0.3, -0.25) is 0 Å². The summed E-state index contributed by atoms with van der Waals surface area (Å²) in [6, 6.07) is 0. The second-order valence-corrected chi connectivity index (χ2v) is 6.09. The predicted molar refractivity (Wildman–Crippen MR) is 55.2 cm³/mol. The zero-order valence-corrected chi connectivity index (χ0v) is 9.28. The Bertz CT molecular complexity index is 165. The average Bonchev–Trinajstić information content (AvgIpc) is 1.98. The van der Waals surface area contributed by atoms with E-state index in [2.05, 4.69) is 25.6 Å². The molecule has 2 fully saturated rings. The number of rotatable bonds is 4. The van der Waals surface area contributed by atoms with Crippen molar-refractivity contribution in [2.75, 3.05) is 37.9 Å². The predicted octanol–water partition coefficient (Wildman–Crippen LogP) is 1.79. The van der Waals surface area contributed by atoms with Crippen LogP contribution in [0.3, 0.4) is 0 Å². The largest absolute Gasteiger partial charge is 0.380 e. The average molecular weight is 202 g/mol. The smallest absolute Gasteiger partial charge is 0.0550 e. The van der Waals surface area contributed by atoms with E-state index in [1.54, 1.807) is 0 Å². The minimum absolute atomic E-state index is 0.464. The highest BCUT2D eigenvalue weighted by Gasteiger charge is 2.36. The van der Waals surface area contributed by atoms with E-state index in [-0.39, 0.29) is 0 Å². The van der Waals surface area contributed by atoms with Crippen LogP contribution in [0.25, 0.3) is 0 Å². The maximum Gasteiger partial charge on any atom is 0.0550 e. The minimum atomic E-state index is 0.464. The molecular formula is C10H18O2S. The molecular weight excluding hydrogens is 184 g/mol. The summed E-state index contributed by atoms with van der Waals surface area (Å²) in [6.45, 7) is 8.42. The molecule has 0 aromatic heterocycles. The molecule has 2 nitrogen and oxygen atoms in total. The first-order valence-electron chi connectivity index (χ1n) is 4.85. The van der Waals surface area contributed by atoms with E-state index in [9.17, 15) is 0 Å². The van der Waals surface area contributed by atoms with E-state index in [4.69, 9.17) is 9.47 Å². The molecule has 0 unspecified atom stereocenters. The second-order valence-electron chi connectivity index (χ2n) is 5.10. The Morgan fingerprint density at radius 1 is 0.923 bits per heavy atom. The summed E-state index contributed by atoms with van der Waals surface area (Å²) in [4.78, 5) is 0. The third kappa shape index (κ3) is 2.20. The highest BCUT2D eigenvalue weighted by molar-refractivity contribution is 7.99. The monoisotopic (exact) mass is 202 g/mol. The van der Waals surface area contributed by atoms with Crippen molar-refractivity contribution in [1.29, 1.82) is 0 Å². The maximum atomic E-state index is 5.22. The van der Waals surface area contributed by atoms with Crippen molar-refractivity contribution in [3.63, 3.8) is 0 Å². The molecule has 2 rings (SSSR count). The number of hydrogen-bond acceptors (Lipinski definition) is 3. The molecule has 0 aliphatic carbocycles. The Kier molecular flexibility index (Phi) is 2.60. The topological polar surface area (TPSA) is 18.5 Å². The fraction of sp³-hybridized carbons (Fsp3) is 1.00. The van der Waals surface area contributed by atoms with Crippen LogP contribution >= 0.6 is 11.8 Å². The van der Waals surface area contributed by atoms with Gasteiger partial charge in [0.1, 0.15) is 0 Å². The molecule has 3 heteroatoms. The van der Waals surface area contributed by atoms with Crippen molar-refractivity contribution in [3.8, 4) is 0 Å². The number of hydrogen-bond donors (Lipinski definition) is 0. The third-order valence-corrected chi connectivity index (χ3v) is 4.51. The number of thioether (sulfide) groups is 1. The third-order valence-electron chi connectivity index (χ3n) is 2.70. The Balaban J connectivity index is 1.63. The molecule has 0 atom stereocenters. The van der Waals surface area contributed by atoms with Crippen LogP contribution in [-0.2, 0) is 9.47 Å². The van der Waals surface area contributed by atoms with Gasteiger partial charge in [-0.1, -0.05) is 13.8 Å². The van der Waals surface area contributed by atoms with Crippen molar-refractivity contribution in [2.24, 2.45) is 10.8 Å². The van der Waals surface area contributed by atoms with Crippen LogP contribution in [0, 0.1) is 10.8 Å². The van der Waals surface area contributed by atoms with Crippen LogP contribution in [0.5, 0.6) is 0 Å². The molecule has 76 valence electrons. The summed E-state index contributed by atoms with van der Waals surface area (Å²) in [5, 5.41) is 0. The van der Waals surface area contributed by atoms with E-state index in [0.717, 1.165) is 26.4 Å². The van der Waals surface area contributed by atoms with Crippen molar-refractivity contribution < 1.29 is 9.47 Å². The van der Waals surface area contributed by atoms with Gasteiger partial charge < -0.3 is 9.47 Å². The summed E-state index contributed by atoms with van der Waals surface area (Å²) in [6.07, 6.45) is 0. The molecule has 0 N–H and O–H groups in total. The lowest BCUT2D eigenvalue weighted by atomic mass is 9.91. The van der Waals surface area contributed by atoms with Crippen LogP contribution in [0.2, 0.25) is 0 Å². The van der Waals surface area contributed by atoms with Gasteiger partial charge in [0, 0.05) is 22.3 Å². The molecule has 0 saturated carbocycles. The lowest BCUT2D eigenvalue weighted by molar-refractivity contribution is -0.0895. The zero-order chi connectivity index (χ0) is 9.36. The summed E-state index contributed by atoms with van der Waals surface area (Å²) in [7, 11) is 0. The standard InChI is InChI=1S/C10H18O2S/c1-9(3-11-4-9)7-13-8-10(2)5-12-6-10/h3-8H2,1-2H3. The van der Waals surface area contributed by atoms with E-state index in [1.165, 1.54) is 11.5 Å². The van der Waals surface area contributed by atoms with E-state index in [0.29, 0.717) is 10.8 Å². The van der Waals surface area contributed by atoms with E-state index in [1.807, 2.05) is 0 Å². The second kappa shape index (κ2) is 3.44. The van der Waals surface area contributed by atoms with Crippen molar-refractivity contribution in [1.82, 2.24) is 0 Å². The quantitative estimate of drug-likeness (QED) is 0.692. The summed E-state index contributed by atoms with van der Waals surface area (Å²) < 4.78 is 10.4. The Labute approximate surface area is 84.4 Å². The van der Waals surface area contributed by atoms with E-state index >= 15 is 0 Å². The van der Waals surface area contributed by atoms with Gasteiger partial charge in [-0.25, -0.2) is 0 Å². The molecule has 13 heavy (non-hydrogen) atoms. The van der Waals surface area contributed by atoms with Gasteiger partial charge >= 0.3 is 0 Å². The van der Waals surface area contributed by atoms with Crippen LogP contribution in [0.15, 0.2) is 0 Å². The fourth-order valence-corrected chi connectivity index (χ4v) is 3.03. The highest BCUT2D eigenvalue weighted by Crippen LogP contribution is 2.35. The van der Waals surface area contributed by atoms with Crippen molar-refractivity contribution in [2.45, 2.75) is 13.8 Å². The normalized spacial score (nSPS) is 29.1. The lowest BCUT2D eigenvalue weighted by Crippen LogP contribution is -2.44. The molecule has 0 bridgehead atoms. The van der Waals surface area contributed by atoms with E-state index < -0.39 is 0 Å². The van der Waals surface area contributed by atoms with Gasteiger partial charge in [0.2, 0.25) is 0 Å². The summed E-state index contributed by atoms with van der Waals surface area (Å²) in [5.74, 6) is 2.48. The minimum Gasteiger partial charge on any atom is -0.380 e. The Morgan fingerprint density at radius 3 is 1.54 bits per heavy atom. The molecule has 2 aliphatic rings. The number of ether oxygens (including phenoxy) is 2. The summed E-state index contributed by atoms with van der Waals surface area (Å²) in [5.41, 5.74) is 0.928. The molecule has 0 aromatic carbocycles. The van der Waals surface area contributed by atoms with Gasteiger partial charge in [-0.2, -0.15) is 11.8 Å². The summed E-state index contributed by atoms with van der Waals surface area (Å²) >= 11 is 2.06. The van der Waals surface area contributed by atoms with Crippen LogP contribution < -0.4 is 0 Å². The molecule has 2 heterocycles. The van der Waals surface area contributed by atoms with Gasteiger partial charge in [0.15, 0.2) is 0 Å². The first-order chi connectivity index (χ1) is 6.12. The Morgan fingerprint density at radius 2 is 1.31 bits per heavy atom. The molecule has 0 radical (unpaired) electrons. The maximum absolute atomic E-state index is 5.22. The van der Waals surface area contributed by atoms with Gasteiger partial charge in [0.05, 0.1) is 26.4 Å². The van der Waals surface area contributed by atoms with Crippen LogP contribution in [0.4, 0.5) is 0 Å². The van der Waals surface area contributed by atoms with Crippen molar-refractivity contribution >= 4 is 11.8 Å².